The lowest BCUT2D eigenvalue weighted by Crippen LogP contribution is -2.13. The molecule has 0 spiro atoms. The van der Waals surface area contributed by atoms with E-state index in [1.807, 2.05) is 20.1 Å². The van der Waals surface area contributed by atoms with Crippen molar-refractivity contribution in [3.8, 4) is 0 Å². The Morgan fingerprint density at radius 1 is 1.60 bits per heavy atom. The third-order valence-electron chi connectivity index (χ3n) is 3.43. The van der Waals surface area contributed by atoms with Crippen molar-refractivity contribution in [1.82, 2.24) is 0 Å². The summed E-state index contributed by atoms with van der Waals surface area (Å²) in [6.45, 7) is 6.36. The number of nitrogen functional groups attached to an aromatic ring is 1. The van der Waals surface area contributed by atoms with E-state index in [2.05, 4.69) is 5.32 Å². The molecule has 6 heteroatoms. The molecule has 20 heavy (non-hydrogen) atoms. The topological polar surface area (TPSA) is 64.3 Å². The fourth-order valence-corrected chi connectivity index (χ4v) is 4.30. The van der Waals surface area contributed by atoms with Crippen LogP contribution in [0.15, 0.2) is 4.90 Å². The summed E-state index contributed by atoms with van der Waals surface area (Å²) in [5.41, 5.74) is 6.77. The number of carbonyl (C=O) groups is 1. The molecule has 0 radical (unpaired) electrons. The Kier molecular flexibility index (Phi) is 5.35. The van der Waals surface area contributed by atoms with Crippen LogP contribution in [0.2, 0.25) is 0 Å². The maximum atomic E-state index is 12.2. The molecule has 1 atom stereocenters. The number of hydrogen-bond acceptors (Lipinski definition) is 6. The molecule has 1 aliphatic heterocycles. The largest absolute Gasteiger partial charge is 0.396 e. The minimum Gasteiger partial charge on any atom is -0.396 e. The number of Topliss-reactive ketones (excluding diaryl/α,β-unsaturated/α-hetero) is 1. The normalized spacial score (nSPS) is 18.7. The van der Waals surface area contributed by atoms with Gasteiger partial charge >= 0.3 is 0 Å². The average Bonchev–Trinajstić information content (AvgIpc) is 3.03. The molecule has 1 fully saturated rings. The van der Waals surface area contributed by atoms with Crippen LogP contribution in [0.4, 0.5) is 10.7 Å². The molecular weight excluding hydrogens is 292 g/mol. The second kappa shape index (κ2) is 6.83. The summed E-state index contributed by atoms with van der Waals surface area (Å²) in [5.74, 6) is 0.652. The van der Waals surface area contributed by atoms with Crippen molar-refractivity contribution in [3.63, 3.8) is 0 Å². The van der Waals surface area contributed by atoms with E-state index < -0.39 is 0 Å². The van der Waals surface area contributed by atoms with Gasteiger partial charge in [-0.2, -0.15) is 0 Å². The molecule has 3 N–H and O–H groups in total. The lowest BCUT2D eigenvalue weighted by molar-refractivity contribution is 0.0944. The molecule has 0 amide bonds. The number of thiophene rings is 1. The van der Waals surface area contributed by atoms with Gasteiger partial charge < -0.3 is 15.8 Å². The zero-order chi connectivity index (χ0) is 14.7. The molecule has 2 rings (SSSR count). The van der Waals surface area contributed by atoms with Crippen LogP contribution >= 0.6 is 23.1 Å². The van der Waals surface area contributed by atoms with Crippen LogP contribution in [0.3, 0.4) is 0 Å². The average molecular weight is 314 g/mol. The molecule has 1 unspecified atom stereocenters. The molecule has 4 nitrogen and oxygen atoms in total. The number of carbonyl (C=O) groups excluding carboxylic acids is 1. The summed E-state index contributed by atoms with van der Waals surface area (Å²) in [5, 5.41) is 4.47. The van der Waals surface area contributed by atoms with Crippen LogP contribution in [0.1, 0.15) is 29.9 Å². The van der Waals surface area contributed by atoms with Crippen molar-refractivity contribution in [2.75, 3.05) is 37.1 Å². The van der Waals surface area contributed by atoms with Crippen molar-refractivity contribution in [2.45, 2.75) is 25.2 Å². The molecule has 1 saturated heterocycles. The first-order valence-electron chi connectivity index (χ1n) is 6.86. The SMILES string of the molecule is CSc1c(NCC2CCOC2)sc(C(=O)C(C)C)c1N. The fourth-order valence-electron chi connectivity index (χ4n) is 2.17. The van der Waals surface area contributed by atoms with E-state index in [-0.39, 0.29) is 11.7 Å². The molecule has 0 saturated carbocycles. The molecule has 0 aliphatic carbocycles. The highest BCUT2D eigenvalue weighted by Crippen LogP contribution is 2.42. The first-order valence-corrected chi connectivity index (χ1v) is 8.90. The number of nitrogens with two attached hydrogens (primary N) is 1. The lowest BCUT2D eigenvalue weighted by Gasteiger charge is -2.10. The number of thioether (sulfide) groups is 1. The third-order valence-corrected chi connectivity index (χ3v) is 5.57. The summed E-state index contributed by atoms with van der Waals surface area (Å²) in [4.78, 5) is 13.9. The zero-order valence-corrected chi connectivity index (χ0v) is 13.8. The fraction of sp³-hybridized carbons (Fsp3) is 0.643. The predicted molar refractivity (Wildman–Crippen MR) is 87.1 cm³/mol. The molecule has 1 aliphatic rings. The maximum Gasteiger partial charge on any atom is 0.177 e. The molecular formula is C14H22N2O2S2. The highest BCUT2D eigenvalue weighted by molar-refractivity contribution is 7.99. The molecule has 1 aromatic heterocycles. The standard InChI is InChI=1S/C14H22N2O2S2/c1-8(2)11(17)12-10(15)13(19-3)14(20-12)16-6-9-4-5-18-7-9/h8-9,16H,4-7,15H2,1-3H3. The van der Waals surface area contributed by atoms with Crippen LogP contribution in [0.25, 0.3) is 0 Å². The van der Waals surface area contributed by atoms with Gasteiger partial charge in [-0.15, -0.1) is 23.1 Å². The van der Waals surface area contributed by atoms with Crippen molar-refractivity contribution in [1.29, 1.82) is 0 Å². The van der Waals surface area contributed by atoms with Crippen molar-refractivity contribution < 1.29 is 9.53 Å². The smallest absolute Gasteiger partial charge is 0.177 e. The van der Waals surface area contributed by atoms with E-state index in [9.17, 15) is 4.79 Å². The number of nitrogens with one attached hydrogen (secondary N) is 1. The second-order valence-corrected chi connectivity index (χ2v) is 7.17. The summed E-state index contributed by atoms with van der Waals surface area (Å²) in [6, 6.07) is 0. The zero-order valence-electron chi connectivity index (χ0n) is 12.2. The Morgan fingerprint density at radius 2 is 2.35 bits per heavy atom. The Bertz CT molecular complexity index is 480. The van der Waals surface area contributed by atoms with Crippen LogP contribution in [0, 0.1) is 11.8 Å². The lowest BCUT2D eigenvalue weighted by atomic mass is 10.1. The number of ether oxygens (including phenoxy) is 1. The second-order valence-electron chi connectivity index (χ2n) is 5.34. The summed E-state index contributed by atoms with van der Waals surface area (Å²) in [6.07, 6.45) is 3.09. The van der Waals surface area contributed by atoms with E-state index in [0.717, 1.165) is 36.1 Å². The van der Waals surface area contributed by atoms with Gasteiger partial charge in [0.15, 0.2) is 5.78 Å². The Balaban J connectivity index is 2.14. The van der Waals surface area contributed by atoms with Gasteiger partial charge in [0.25, 0.3) is 0 Å². The molecule has 0 aromatic carbocycles. The third kappa shape index (κ3) is 3.30. The van der Waals surface area contributed by atoms with Gasteiger partial charge in [0, 0.05) is 25.0 Å². The van der Waals surface area contributed by atoms with Crippen LogP contribution in [-0.4, -0.2) is 31.8 Å². The molecule has 1 aromatic rings. The van der Waals surface area contributed by atoms with Gasteiger partial charge in [-0.05, 0) is 12.7 Å². The van der Waals surface area contributed by atoms with E-state index in [1.165, 1.54) is 11.3 Å². The Hall–Kier alpha value is -0.720. The van der Waals surface area contributed by atoms with E-state index in [0.29, 0.717) is 16.5 Å². The van der Waals surface area contributed by atoms with E-state index in [4.69, 9.17) is 10.5 Å². The van der Waals surface area contributed by atoms with Crippen molar-refractivity contribution in [2.24, 2.45) is 11.8 Å². The highest BCUT2D eigenvalue weighted by atomic mass is 32.2. The van der Waals surface area contributed by atoms with Gasteiger partial charge in [-0.1, -0.05) is 13.8 Å². The molecule has 112 valence electrons. The molecule has 0 bridgehead atoms. The quantitative estimate of drug-likeness (QED) is 0.623. The number of ketones is 1. The van der Waals surface area contributed by atoms with Gasteiger partial charge in [-0.25, -0.2) is 0 Å². The van der Waals surface area contributed by atoms with Crippen molar-refractivity contribution in [3.05, 3.63) is 4.88 Å². The van der Waals surface area contributed by atoms with Crippen LogP contribution < -0.4 is 11.1 Å². The minimum atomic E-state index is -0.0262. The summed E-state index contributed by atoms with van der Waals surface area (Å²) < 4.78 is 5.38. The van der Waals surface area contributed by atoms with E-state index >= 15 is 0 Å². The first kappa shape index (κ1) is 15.7. The van der Waals surface area contributed by atoms with Crippen LogP contribution in [0.5, 0.6) is 0 Å². The maximum absolute atomic E-state index is 12.2. The van der Waals surface area contributed by atoms with Gasteiger partial charge in [-0.3, -0.25) is 4.79 Å². The molecule has 2 heterocycles. The predicted octanol–water partition coefficient (Wildman–Crippen LogP) is 3.34. The minimum absolute atomic E-state index is 0.0262. The Labute approximate surface area is 128 Å². The summed E-state index contributed by atoms with van der Waals surface area (Å²) in [7, 11) is 0. The Morgan fingerprint density at radius 3 is 2.90 bits per heavy atom. The monoisotopic (exact) mass is 314 g/mol. The number of hydrogen-bond donors (Lipinski definition) is 2. The summed E-state index contributed by atoms with van der Waals surface area (Å²) >= 11 is 3.08. The van der Waals surface area contributed by atoms with Crippen LogP contribution in [-0.2, 0) is 4.74 Å². The van der Waals surface area contributed by atoms with Gasteiger partial charge in [0.1, 0.15) is 5.00 Å². The number of rotatable bonds is 6. The van der Waals surface area contributed by atoms with E-state index in [1.54, 1.807) is 11.8 Å². The van der Waals surface area contributed by atoms with Gasteiger partial charge in [0.05, 0.1) is 22.1 Å². The highest BCUT2D eigenvalue weighted by Gasteiger charge is 2.23. The number of anilines is 2. The van der Waals surface area contributed by atoms with Crippen molar-refractivity contribution >= 4 is 39.6 Å². The first-order chi connectivity index (χ1) is 9.54. The van der Waals surface area contributed by atoms with Gasteiger partial charge in [0.2, 0.25) is 0 Å².